The number of aldehydes is 1. The van der Waals surface area contributed by atoms with Crippen LogP contribution in [0.25, 0.3) is 0 Å². The summed E-state index contributed by atoms with van der Waals surface area (Å²) in [6, 6.07) is 0. The van der Waals surface area contributed by atoms with Crippen LogP contribution in [0.2, 0.25) is 0 Å². The van der Waals surface area contributed by atoms with Crippen LogP contribution in [-0.2, 0) is 19.1 Å². The summed E-state index contributed by atoms with van der Waals surface area (Å²) in [4.78, 5) is 34.0. The number of carbonyl (C=O) groups is 3. The lowest BCUT2D eigenvalue weighted by Crippen LogP contribution is -2.40. The van der Waals surface area contributed by atoms with Gasteiger partial charge in [-0.1, -0.05) is 20.8 Å². The summed E-state index contributed by atoms with van der Waals surface area (Å²) >= 11 is 0. The van der Waals surface area contributed by atoms with Gasteiger partial charge in [0.2, 0.25) is 0 Å². The third kappa shape index (κ3) is 1.92. The molecule has 2 saturated carbocycles. The Balaban J connectivity index is 2.12. The SMILES string of the molecule is CC(=O)C(C=O)C(=O)OC1CC2CCC1(C)C2(C)C. The molecule has 4 atom stereocenters. The van der Waals surface area contributed by atoms with Gasteiger partial charge in [-0.25, -0.2) is 0 Å². The van der Waals surface area contributed by atoms with Crippen LogP contribution in [0.4, 0.5) is 0 Å². The zero-order chi connectivity index (χ0) is 14.4. The largest absolute Gasteiger partial charge is 0.461 e. The van der Waals surface area contributed by atoms with Gasteiger partial charge in [-0.05, 0) is 37.5 Å². The van der Waals surface area contributed by atoms with E-state index in [1.165, 1.54) is 13.3 Å². The molecule has 0 saturated heterocycles. The van der Waals surface area contributed by atoms with Crippen molar-refractivity contribution in [1.29, 1.82) is 0 Å². The molecule has 0 amide bonds. The van der Waals surface area contributed by atoms with Gasteiger partial charge >= 0.3 is 5.97 Å². The van der Waals surface area contributed by atoms with Crippen LogP contribution < -0.4 is 0 Å². The topological polar surface area (TPSA) is 60.4 Å². The molecule has 0 aliphatic heterocycles. The van der Waals surface area contributed by atoms with Crippen molar-refractivity contribution < 1.29 is 19.1 Å². The van der Waals surface area contributed by atoms with Gasteiger partial charge in [0.25, 0.3) is 0 Å². The number of hydrogen-bond donors (Lipinski definition) is 0. The van der Waals surface area contributed by atoms with Crippen molar-refractivity contribution in [3.63, 3.8) is 0 Å². The van der Waals surface area contributed by atoms with Gasteiger partial charge in [0, 0.05) is 5.41 Å². The molecule has 0 spiro atoms. The summed E-state index contributed by atoms with van der Waals surface area (Å²) in [5, 5.41) is 0. The average Bonchev–Trinajstić information content (AvgIpc) is 2.62. The maximum Gasteiger partial charge on any atom is 0.324 e. The van der Waals surface area contributed by atoms with Crippen molar-refractivity contribution in [2.75, 3.05) is 0 Å². The Hall–Kier alpha value is -1.19. The Morgan fingerprint density at radius 2 is 1.95 bits per heavy atom. The van der Waals surface area contributed by atoms with Crippen LogP contribution in [-0.4, -0.2) is 24.1 Å². The normalized spacial score (nSPS) is 36.8. The molecule has 0 heterocycles. The highest BCUT2D eigenvalue weighted by Crippen LogP contribution is 2.66. The summed E-state index contributed by atoms with van der Waals surface area (Å²) < 4.78 is 5.51. The third-order valence-electron chi connectivity index (χ3n) is 5.80. The highest BCUT2D eigenvalue weighted by atomic mass is 16.5. The number of hydrogen-bond acceptors (Lipinski definition) is 4. The number of carbonyl (C=O) groups excluding carboxylic acids is 3. The van der Waals surface area contributed by atoms with Crippen molar-refractivity contribution >= 4 is 18.0 Å². The monoisotopic (exact) mass is 266 g/mol. The second kappa shape index (κ2) is 4.43. The molecule has 0 aromatic carbocycles. The molecule has 4 nitrogen and oxygen atoms in total. The molecule has 0 N–H and O–H groups in total. The quantitative estimate of drug-likeness (QED) is 0.444. The van der Waals surface area contributed by atoms with Crippen molar-refractivity contribution in [3.05, 3.63) is 0 Å². The van der Waals surface area contributed by atoms with Gasteiger partial charge in [-0.15, -0.1) is 0 Å². The Labute approximate surface area is 113 Å². The Kier molecular flexibility index (Phi) is 3.31. The highest BCUT2D eigenvalue weighted by molar-refractivity contribution is 6.09. The highest BCUT2D eigenvalue weighted by Gasteiger charge is 2.63. The van der Waals surface area contributed by atoms with Crippen LogP contribution in [0.15, 0.2) is 0 Å². The second-order valence-electron chi connectivity index (χ2n) is 6.76. The van der Waals surface area contributed by atoms with E-state index in [-0.39, 0.29) is 16.9 Å². The number of esters is 1. The van der Waals surface area contributed by atoms with Crippen molar-refractivity contribution in [2.45, 2.75) is 53.1 Å². The first-order valence-electron chi connectivity index (χ1n) is 6.90. The molecule has 106 valence electrons. The Bertz CT molecular complexity index is 426. The molecule has 2 aliphatic rings. The lowest BCUT2D eigenvalue weighted by molar-refractivity contribution is -0.163. The minimum atomic E-state index is -1.26. The molecule has 4 unspecified atom stereocenters. The van der Waals surface area contributed by atoms with E-state index in [0.29, 0.717) is 12.2 Å². The van der Waals surface area contributed by atoms with Crippen molar-refractivity contribution in [3.8, 4) is 0 Å². The van der Waals surface area contributed by atoms with Crippen LogP contribution in [0.5, 0.6) is 0 Å². The Morgan fingerprint density at radius 3 is 2.32 bits per heavy atom. The first-order valence-corrected chi connectivity index (χ1v) is 6.90. The number of fused-ring (bicyclic) bond motifs is 2. The van der Waals surface area contributed by atoms with Gasteiger partial charge in [0.1, 0.15) is 12.4 Å². The average molecular weight is 266 g/mol. The fourth-order valence-corrected chi connectivity index (χ4v) is 3.84. The summed E-state index contributed by atoms with van der Waals surface area (Å²) in [6.07, 6.45) is 3.26. The van der Waals surface area contributed by atoms with Gasteiger partial charge in [-0.2, -0.15) is 0 Å². The van der Waals surface area contributed by atoms with Gasteiger partial charge < -0.3 is 9.53 Å². The summed E-state index contributed by atoms with van der Waals surface area (Å²) in [7, 11) is 0. The van der Waals surface area contributed by atoms with Crippen LogP contribution in [0.1, 0.15) is 47.0 Å². The van der Waals surface area contributed by atoms with E-state index < -0.39 is 17.7 Å². The van der Waals surface area contributed by atoms with Crippen molar-refractivity contribution in [1.82, 2.24) is 0 Å². The van der Waals surface area contributed by atoms with E-state index in [2.05, 4.69) is 20.8 Å². The molecule has 2 aliphatic carbocycles. The van der Waals surface area contributed by atoms with E-state index in [1.807, 2.05) is 0 Å². The molecule has 2 rings (SSSR count). The molecule has 2 fully saturated rings. The molecule has 0 aromatic rings. The number of ether oxygens (including phenoxy) is 1. The minimum absolute atomic E-state index is 0.0441. The molecule has 4 heteroatoms. The molecular weight excluding hydrogens is 244 g/mol. The predicted octanol–water partition coefficient (Wildman–Crippen LogP) is 2.15. The fourth-order valence-electron chi connectivity index (χ4n) is 3.84. The number of ketones is 1. The van der Waals surface area contributed by atoms with Gasteiger partial charge in [-0.3, -0.25) is 9.59 Å². The van der Waals surface area contributed by atoms with E-state index in [9.17, 15) is 14.4 Å². The molecular formula is C15H22O4. The molecule has 19 heavy (non-hydrogen) atoms. The lowest BCUT2D eigenvalue weighted by Gasteiger charge is -2.38. The van der Waals surface area contributed by atoms with E-state index in [0.717, 1.165) is 12.8 Å². The first kappa shape index (κ1) is 14.2. The third-order valence-corrected chi connectivity index (χ3v) is 5.80. The van der Waals surface area contributed by atoms with Gasteiger partial charge in [0.15, 0.2) is 11.7 Å². The number of Topliss-reactive ketones (excluding diaryl/α,β-unsaturated/α-hetero) is 1. The zero-order valence-electron chi connectivity index (χ0n) is 12.1. The van der Waals surface area contributed by atoms with Crippen molar-refractivity contribution in [2.24, 2.45) is 22.7 Å². The zero-order valence-corrected chi connectivity index (χ0v) is 12.1. The second-order valence-corrected chi connectivity index (χ2v) is 6.76. The minimum Gasteiger partial charge on any atom is -0.461 e. The van der Waals surface area contributed by atoms with Crippen LogP contribution >= 0.6 is 0 Å². The predicted molar refractivity (Wildman–Crippen MR) is 69.3 cm³/mol. The van der Waals surface area contributed by atoms with Gasteiger partial charge in [0.05, 0.1) is 0 Å². The smallest absolute Gasteiger partial charge is 0.324 e. The summed E-state index contributed by atoms with van der Waals surface area (Å²) in [5.74, 6) is -1.84. The molecule has 2 bridgehead atoms. The standard InChI is InChI=1S/C15H22O4/c1-9(17)11(8-16)13(18)19-12-7-10-5-6-15(12,4)14(10,2)3/h8,10-12H,5-7H2,1-4H3. The Morgan fingerprint density at radius 1 is 1.32 bits per heavy atom. The first-order chi connectivity index (χ1) is 8.74. The summed E-state index contributed by atoms with van der Waals surface area (Å²) in [6.45, 7) is 7.84. The maximum atomic E-state index is 11.9. The van der Waals surface area contributed by atoms with Crippen LogP contribution in [0, 0.1) is 22.7 Å². The molecule has 0 radical (unpaired) electrons. The lowest BCUT2D eigenvalue weighted by atomic mass is 9.70. The molecule has 0 aromatic heterocycles. The van der Waals surface area contributed by atoms with E-state index >= 15 is 0 Å². The number of rotatable bonds is 4. The van der Waals surface area contributed by atoms with Crippen LogP contribution in [0.3, 0.4) is 0 Å². The summed E-state index contributed by atoms with van der Waals surface area (Å²) in [5.41, 5.74) is 0.0996. The van der Waals surface area contributed by atoms with E-state index in [1.54, 1.807) is 0 Å². The maximum absolute atomic E-state index is 11.9. The van der Waals surface area contributed by atoms with E-state index in [4.69, 9.17) is 4.74 Å². The fraction of sp³-hybridized carbons (Fsp3) is 0.800.